The summed E-state index contributed by atoms with van der Waals surface area (Å²) in [7, 11) is 0. The SMILES string of the molecule is CC=CCCc1cc(O)c2c(c1)O[C@H](C)[C@@H]2CO. The van der Waals surface area contributed by atoms with Crippen molar-refractivity contribution in [3.05, 3.63) is 35.4 Å². The molecule has 18 heavy (non-hydrogen) atoms. The van der Waals surface area contributed by atoms with E-state index in [0.717, 1.165) is 29.7 Å². The number of aliphatic hydroxyl groups excluding tert-OH is 1. The topological polar surface area (TPSA) is 49.7 Å². The molecular weight excluding hydrogens is 228 g/mol. The summed E-state index contributed by atoms with van der Waals surface area (Å²) < 4.78 is 5.70. The van der Waals surface area contributed by atoms with Crippen LogP contribution in [-0.2, 0) is 6.42 Å². The quantitative estimate of drug-likeness (QED) is 0.805. The number of fused-ring (bicyclic) bond motifs is 1. The molecule has 0 radical (unpaired) electrons. The minimum Gasteiger partial charge on any atom is -0.508 e. The summed E-state index contributed by atoms with van der Waals surface area (Å²) in [6.07, 6.45) is 5.87. The lowest BCUT2D eigenvalue weighted by molar-refractivity contribution is 0.172. The van der Waals surface area contributed by atoms with E-state index in [0.29, 0.717) is 0 Å². The van der Waals surface area contributed by atoms with Crippen LogP contribution >= 0.6 is 0 Å². The number of aryl methyl sites for hydroxylation is 1. The first-order valence-electron chi connectivity index (χ1n) is 6.41. The van der Waals surface area contributed by atoms with Crippen molar-refractivity contribution in [2.24, 2.45) is 0 Å². The van der Waals surface area contributed by atoms with Crippen molar-refractivity contribution >= 4 is 0 Å². The lowest BCUT2D eigenvalue weighted by Crippen LogP contribution is -2.17. The van der Waals surface area contributed by atoms with Crippen LogP contribution in [0.15, 0.2) is 24.3 Å². The molecule has 3 nitrogen and oxygen atoms in total. The zero-order chi connectivity index (χ0) is 13.1. The van der Waals surface area contributed by atoms with E-state index in [9.17, 15) is 10.2 Å². The van der Waals surface area contributed by atoms with Crippen LogP contribution in [0.1, 0.15) is 37.3 Å². The second kappa shape index (κ2) is 5.44. The monoisotopic (exact) mass is 248 g/mol. The maximum absolute atomic E-state index is 10.1. The number of aromatic hydroxyl groups is 1. The molecule has 0 fully saturated rings. The van der Waals surface area contributed by atoms with Crippen LogP contribution in [-0.4, -0.2) is 22.9 Å². The normalized spacial score (nSPS) is 22.2. The van der Waals surface area contributed by atoms with Gasteiger partial charge in [-0.2, -0.15) is 0 Å². The molecule has 2 atom stereocenters. The smallest absolute Gasteiger partial charge is 0.127 e. The molecule has 1 aliphatic rings. The van der Waals surface area contributed by atoms with Gasteiger partial charge < -0.3 is 14.9 Å². The van der Waals surface area contributed by atoms with Gasteiger partial charge in [0.1, 0.15) is 17.6 Å². The Kier molecular flexibility index (Phi) is 3.92. The number of aliphatic hydroxyl groups is 1. The highest BCUT2D eigenvalue weighted by Crippen LogP contribution is 2.44. The molecular formula is C15H20O3. The molecule has 0 aromatic heterocycles. The van der Waals surface area contributed by atoms with Crippen LogP contribution in [0.4, 0.5) is 0 Å². The second-order valence-corrected chi connectivity index (χ2v) is 4.75. The molecule has 2 N–H and O–H groups in total. The van der Waals surface area contributed by atoms with Gasteiger partial charge in [0.25, 0.3) is 0 Å². The van der Waals surface area contributed by atoms with Crippen LogP contribution in [0, 0.1) is 0 Å². The van der Waals surface area contributed by atoms with E-state index in [-0.39, 0.29) is 24.4 Å². The average Bonchev–Trinajstić information content (AvgIpc) is 2.65. The summed E-state index contributed by atoms with van der Waals surface area (Å²) in [6, 6.07) is 3.76. The number of hydrogen-bond acceptors (Lipinski definition) is 3. The summed E-state index contributed by atoms with van der Waals surface area (Å²) in [5.41, 5.74) is 1.81. The Bertz CT molecular complexity index is 451. The van der Waals surface area contributed by atoms with Crippen LogP contribution < -0.4 is 4.74 Å². The first-order chi connectivity index (χ1) is 8.67. The summed E-state index contributed by atoms with van der Waals surface area (Å²) >= 11 is 0. The molecule has 1 heterocycles. The van der Waals surface area contributed by atoms with Gasteiger partial charge in [-0.15, -0.1) is 0 Å². The minimum absolute atomic E-state index is 0.000351. The van der Waals surface area contributed by atoms with Crippen molar-refractivity contribution in [1.29, 1.82) is 0 Å². The predicted octanol–water partition coefficient (Wildman–Crippen LogP) is 2.76. The third kappa shape index (κ3) is 2.36. The minimum atomic E-state index is -0.121. The van der Waals surface area contributed by atoms with Gasteiger partial charge >= 0.3 is 0 Å². The molecule has 0 unspecified atom stereocenters. The van der Waals surface area contributed by atoms with Gasteiger partial charge in [-0.05, 0) is 44.4 Å². The maximum atomic E-state index is 10.1. The molecule has 0 spiro atoms. The van der Waals surface area contributed by atoms with E-state index >= 15 is 0 Å². The Hall–Kier alpha value is -1.48. The molecule has 98 valence electrons. The Balaban J connectivity index is 2.25. The third-order valence-electron chi connectivity index (χ3n) is 3.46. The molecule has 3 heteroatoms. The number of phenols is 1. The Morgan fingerprint density at radius 2 is 2.17 bits per heavy atom. The molecule has 0 aliphatic carbocycles. The van der Waals surface area contributed by atoms with Gasteiger partial charge in [-0.25, -0.2) is 0 Å². The van der Waals surface area contributed by atoms with Crippen LogP contribution in [0.2, 0.25) is 0 Å². The Morgan fingerprint density at radius 1 is 1.39 bits per heavy atom. The van der Waals surface area contributed by atoms with Crippen molar-refractivity contribution in [3.63, 3.8) is 0 Å². The number of ether oxygens (including phenoxy) is 1. The largest absolute Gasteiger partial charge is 0.508 e. The van der Waals surface area contributed by atoms with Gasteiger partial charge in [0.15, 0.2) is 0 Å². The summed E-state index contributed by atoms with van der Waals surface area (Å²) in [4.78, 5) is 0. The molecule has 1 aromatic rings. The highest BCUT2D eigenvalue weighted by atomic mass is 16.5. The Morgan fingerprint density at radius 3 is 2.83 bits per heavy atom. The van der Waals surface area contributed by atoms with E-state index < -0.39 is 0 Å². The van der Waals surface area contributed by atoms with Gasteiger partial charge in [-0.1, -0.05) is 12.2 Å². The molecule has 0 amide bonds. The first-order valence-corrected chi connectivity index (χ1v) is 6.41. The van der Waals surface area contributed by atoms with Gasteiger partial charge in [0.2, 0.25) is 0 Å². The third-order valence-corrected chi connectivity index (χ3v) is 3.46. The fourth-order valence-corrected chi connectivity index (χ4v) is 2.46. The van der Waals surface area contributed by atoms with E-state index in [1.165, 1.54) is 0 Å². The lowest BCUT2D eigenvalue weighted by atomic mass is 9.94. The Labute approximate surface area is 108 Å². The standard InChI is InChI=1S/C15H20O3/c1-3-4-5-6-11-7-13(17)15-12(9-16)10(2)18-14(15)8-11/h3-4,7-8,10,12,16-17H,5-6,9H2,1-2H3/t10-,12+/m1/s1. The number of hydrogen-bond donors (Lipinski definition) is 2. The van der Waals surface area contributed by atoms with Crippen molar-refractivity contribution in [2.45, 2.75) is 38.7 Å². The van der Waals surface area contributed by atoms with Gasteiger partial charge in [0, 0.05) is 5.56 Å². The van der Waals surface area contributed by atoms with E-state index in [4.69, 9.17) is 4.74 Å². The second-order valence-electron chi connectivity index (χ2n) is 4.75. The summed E-state index contributed by atoms with van der Waals surface area (Å²) in [5, 5.41) is 19.4. The number of benzene rings is 1. The van der Waals surface area contributed by atoms with E-state index in [1.54, 1.807) is 6.07 Å². The fourth-order valence-electron chi connectivity index (χ4n) is 2.46. The molecule has 0 bridgehead atoms. The molecule has 1 aliphatic heterocycles. The maximum Gasteiger partial charge on any atom is 0.127 e. The zero-order valence-corrected chi connectivity index (χ0v) is 10.9. The van der Waals surface area contributed by atoms with Gasteiger partial charge in [-0.3, -0.25) is 0 Å². The van der Waals surface area contributed by atoms with Crippen molar-refractivity contribution in [3.8, 4) is 11.5 Å². The first kappa shape index (κ1) is 13.0. The zero-order valence-electron chi connectivity index (χ0n) is 10.9. The highest BCUT2D eigenvalue weighted by Gasteiger charge is 2.33. The van der Waals surface area contributed by atoms with Crippen molar-refractivity contribution in [2.75, 3.05) is 6.61 Å². The fraction of sp³-hybridized carbons (Fsp3) is 0.467. The molecule has 2 rings (SSSR count). The number of rotatable bonds is 4. The van der Waals surface area contributed by atoms with Crippen molar-refractivity contribution < 1.29 is 14.9 Å². The predicted molar refractivity (Wildman–Crippen MR) is 71.2 cm³/mol. The van der Waals surface area contributed by atoms with Gasteiger partial charge in [0.05, 0.1) is 12.5 Å². The number of phenolic OH excluding ortho intramolecular Hbond substituents is 1. The van der Waals surface area contributed by atoms with Crippen LogP contribution in [0.25, 0.3) is 0 Å². The lowest BCUT2D eigenvalue weighted by Gasteiger charge is -2.11. The molecule has 1 aromatic carbocycles. The summed E-state index contributed by atoms with van der Waals surface area (Å²) in [5.74, 6) is 0.841. The van der Waals surface area contributed by atoms with E-state index in [1.807, 2.05) is 26.0 Å². The van der Waals surface area contributed by atoms with Crippen LogP contribution in [0.3, 0.4) is 0 Å². The van der Waals surface area contributed by atoms with Crippen molar-refractivity contribution in [1.82, 2.24) is 0 Å². The molecule has 0 saturated carbocycles. The van der Waals surface area contributed by atoms with E-state index in [2.05, 4.69) is 6.08 Å². The molecule has 0 saturated heterocycles. The average molecular weight is 248 g/mol. The summed E-state index contributed by atoms with van der Waals surface area (Å²) in [6.45, 7) is 3.91. The highest BCUT2D eigenvalue weighted by molar-refractivity contribution is 5.52. The number of allylic oxidation sites excluding steroid dienone is 2. The van der Waals surface area contributed by atoms with Crippen LogP contribution in [0.5, 0.6) is 11.5 Å².